The van der Waals surface area contributed by atoms with Gasteiger partial charge in [0.25, 0.3) is 0 Å². The summed E-state index contributed by atoms with van der Waals surface area (Å²) in [7, 11) is 0. The van der Waals surface area contributed by atoms with Crippen LogP contribution >= 0.6 is 0 Å². The molecule has 1 aliphatic carbocycles. The van der Waals surface area contributed by atoms with Crippen molar-refractivity contribution in [2.45, 2.75) is 71.5 Å². The van der Waals surface area contributed by atoms with E-state index in [0.29, 0.717) is 60.1 Å². The molecule has 0 aliphatic heterocycles. The third-order valence-corrected chi connectivity index (χ3v) is 8.00. The number of halogens is 3. The van der Waals surface area contributed by atoms with E-state index >= 15 is 0 Å². The molecule has 11 heteroatoms. The molecular formula is C32H33F3N6O2. The highest BCUT2D eigenvalue weighted by Crippen LogP contribution is 2.37. The van der Waals surface area contributed by atoms with Crippen molar-refractivity contribution in [3.8, 4) is 23.6 Å². The minimum atomic E-state index is -4.68. The molecule has 5 rings (SSSR count). The van der Waals surface area contributed by atoms with Crippen LogP contribution in [0.1, 0.15) is 73.5 Å². The summed E-state index contributed by atoms with van der Waals surface area (Å²) in [4.78, 5) is 34.0. The minimum Gasteiger partial charge on any atom is -0.337 e. The maximum atomic E-state index is 13.8. The average molecular weight is 591 g/mol. The van der Waals surface area contributed by atoms with Crippen LogP contribution in [-0.4, -0.2) is 35.7 Å². The number of carbonyl (C=O) groups excluding carboxylic acids is 2. The van der Waals surface area contributed by atoms with E-state index in [0.717, 1.165) is 29.5 Å². The number of hydrogen-bond donors (Lipinski definition) is 1. The molecule has 43 heavy (non-hydrogen) atoms. The fourth-order valence-electron chi connectivity index (χ4n) is 5.81. The number of alkyl halides is 3. The van der Waals surface area contributed by atoms with Gasteiger partial charge in [0.05, 0.1) is 17.5 Å². The highest BCUT2D eigenvalue weighted by Gasteiger charge is 2.38. The van der Waals surface area contributed by atoms with E-state index in [9.17, 15) is 22.8 Å². The van der Waals surface area contributed by atoms with Crippen molar-refractivity contribution in [2.24, 2.45) is 11.8 Å². The normalized spacial score (nSPS) is 16.8. The fraction of sp³-hybridized carbons (Fsp3) is 0.406. The lowest BCUT2D eigenvalue weighted by Crippen LogP contribution is -2.11. The van der Waals surface area contributed by atoms with Crippen LogP contribution in [0.4, 0.5) is 24.7 Å². The van der Waals surface area contributed by atoms with Crippen LogP contribution in [0.2, 0.25) is 0 Å². The molecule has 0 spiro atoms. The number of hydrogen-bond acceptors (Lipinski definition) is 6. The van der Waals surface area contributed by atoms with Gasteiger partial charge in [-0.2, -0.15) is 18.3 Å². The van der Waals surface area contributed by atoms with Crippen LogP contribution in [0, 0.1) is 31.1 Å². The number of aryl methyl sites for hydroxylation is 1. The fourth-order valence-corrected chi connectivity index (χ4v) is 5.81. The van der Waals surface area contributed by atoms with Gasteiger partial charge < -0.3 is 5.32 Å². The third kappa shape index (κ3) is 6.63. The van der Waals surface area contributed by atoms with Crippen molar-refractivity contribution in [3.05, 3.63) is 59.8 Å². The van der Waals surface area contributed by atoms with Crippen molar-refractivity contribution in [3.63, 3.8) is 0 Å². The lowest BCUT2D eigenvalue weighted by atomic mass is 9.95. The Hall–Kier alpha value is -4.46. The second kappa shape index (κ2) is 12.4. The molecule has 3 aromatic heterocycles. The van der Waals surface area contributed by atoms with Gasteiger partial charge in [0.2, 0.25) is 0 Å². The standard InChI is InChI=1S/C32H33F3N6O2/c1-4-14-40-19-25(29(39-40)32(33,34)35)26-18-37-31-30(36-13-15-41(26)31)38-23-11-12-24(21(3)17-23)28(43)8-6-5-7-27(42)22-10-9-20(2)16-22/h1,11-13,15,17-20,22H,5-10,14,16H2,2-3H3,(H,36,38)/t20-,22-/m0/s1. The Morgan fingerprint density at radius 1 is 1.16 bits per heavy atom. The molecule has 1 fully saturated rings. The number of rotatable bonds is 11. The van der Waals surface area contributed by atoms with E-state index in [-0.39, 0.29) is 29.5 Å². The van der Waals surface area contributed by atoms with Gasteiger partial charge in [0, 0.05) is 48.6 Å². The number of nitrogens with one attached hydrogen (secondary N) is 1. The number of benzene rings is 1. The first kappa shape index (κ1) is 30.0. The highest BCUT2D eigenvalue weighted by atomic mass is 19.4. The van der Waals surface area contributed by atoms with Crippen LogP contribution in [0.5, 0.6) is 0 Å². The third-order valence-electron chi connectivity index (χ3n) is 8.00. The van der Waals surface area contributed by atoms with Crippen LogP contribution < -0.4 is 5.32 Å². The van der Waals surface area contributed by atoms with E-state index in [1.165, 1.54) is 29.2 Å². The zero-order chi connectivity index (χ0) is 30.7. The van der Waals surface area contributed by atoms with Gasteiger partial charge in [-0.1, -0.05) is 12.8 Å². The van der Waals surface area contributed by atoms with E-state index in [2.05, 4.69) is 33.2 Å². The number of imidazole rings is 1. The number of aromatic nitrogens is 5. The molecule has 0 bridgehead atoms. The SMILES string of the molecule is C#CCn1cc(-c2cnc3c(Nc4ccc(C(=O)CCCCC(=O)[C@H]5CC[C@H](C)C5)c(C)c4)nccn23)c(C(F)(F)F)n1. The summed E-state index contributed by atoms with van der Waals surface area (Å²) in [5.41, 5.74) is 1.33. The predicted octanol–water partition coefficient (Wildman–Crippen LogP) is 7.05. The van der Waals surface area contributed by atoms with Crippen molar-refractivity contribution in [1.82, 2.24) is 24.1 Å². The van der Waals surface area contributed by atoms with Crippen LogP contribution in [0.25, 0.3) is 16.9 Å². The molecular weight excluding hydrogens is 557 g/mol. The Labute approximate surface area is 247 Å². The van der Waals surface area contributed by atoms with Crippen LogP contribution in [-0.2, 0) is 17.5 Å². The maximum absolute atomic E-state index is 13.8. The minimum absolute atomic E-state index is 0.0231. The zero-order valence-corrected chi connectivity index (χ0v) is 24.1. The molecule has 0 saturated heterocycles. The number of nitrogens with zero attached hydrogens (tertiary/aromatic N) is 5. The van der Waals surface area contributed by atoms with E-state index in [1.54, 1.807) is 12.1 Å². The summed E-state index contributed by atoms with van der Waals surface area (Å²) >= 11 is 0. The number of fused-ring (bicyclic) bond motifs is 1. The van der Waals surface area contributed by atoms with E-state index in [1.807, 2.05) is 13.0 Å². The molecule has 1 aromatic carbocycles. The quantitative estimate of drug-likeness (QED) is 0.114. The first-order valence-electron chi connectivity index (χ1n) is 14.4. The van der Waals surface area contributed by atoms with Crippen molar-refractivity contribution < 1.29 is 22.8 Å². The predicted molar refractivity (Wildman–Crippen MR) is 157 cm³/mol. The van der Waals surface area contributed by atoms with Gasteiger partial charge in [-0.05, 0) is 68.7 Å². The Bertz CT molecular complexity index is 1700. The Balaban J connectivity index is 1.27. The molecule has 224 valence electrons. The van der Waals surface area contributed by atoms with E-state index < -0.39 is 11.9 Å². The van der Waals surface area contributed by atoms with Crippen LogP contribution in [0.3, 0.4) is 0 Å². The van der Waals surface area contributed by atoms with Gasteiger partial charge >= 0.3 is 6.18 Å². The maximum Gasteiger partial charge on any atom is 0.435 e. The molecule has 1 saturated carbocycles. The average Bonchev–Trinajstić information content (AvgIpc) is 3.69. The summed E-state index contributed by atoms with van der Waals surface area (Å²) in [5, 5.41) is 6.81. The number of unbranched alkanes of at least 4 members (excludes halogenated alkanes) is 1. The first-order chi connectivity index (χ1) is 20.5. The van der Waals surface area contributed by atoms with Gasteiger partial charge in [0.1, 0.15) is 12.3 Å². The van der Waals surface area contributed by atoms with E-state index in [4.69, 9.17) is 6.42 Å². The highest BCUT2D eigenvalue weighted by molar-refractivity contribution is 5.98. The number of anilines is 2. The molecule has 1 aliphatic rings. The van der Waals surface area contributed by atoms with Gasteiger partial charge in [-0.25, -0.2) is 9.97 Å². The second-order valence-corrected chi connectivity index (χ2v) is 11.3. The number of terminal acetylenes is 1. The lowest BCUT2D eigenvalue weighted by Gasteiger charge is -2.11. The smallest absolute Gasteiger partial charge is 0.337 e. The van der Waals surface area contributed by atoms with Crippen molar-refractivity contribution in [2.75, 3.05) is 5.32 Å². The molecule has 0 amide bonds. The summed E-state index contributed by atoms with van der Waals surface area (Å²) in [6, 6.07) is 5.32. The zero-order valence-electron chi connectivity index (χ0n) is 24.1. The lowest BCUT2D eigenvalue weighted by molar-refractivity contribution is -0.141. The molecule has 0 radical (unpaired) electrons. The van der Waals surface area contributed by atoms with Crippen molar-refractivity contribution >= 4 is 28.7 Å². The number of carbonyl (C=O) groups is 2. The topological polar surface area (TPSA) is 94.2 Å². The molecule has 4 aromatic rings. The summed E-state index contributed by atoms with van der Waals surface area (Å²) < 4.78 is 43.8. The Morgan fingerprint density at radius 2 is 1.95 bits per heavy atom. The van der Waals surface area contributed by atoms with Crippen LogP contribution in [0.15, 0.2) is 43.0 Å². The van der Waals surface area contributed by atoms with Gasteiger partial charge in [0.15, 0.2) is 22.9 Å². The molecule has 1 N–H and O–H groups in total. The van der Waals surface area contributed by atoms with Gasteiger partial charge in [-0.3, -0.25) is 18.7 Å². The Morgan fingerprint density at radius 3 is 2.65 bits per heavy atom. The summed E-state index contributed by atoms with van der Waals surface area (Å²) in [6.07, 6.45) is 11.5. The summed E-state index contributed by atoms with van der Waals surface area (Å²) in [6.45, 7) is 3.93. The molecule has 8 nitrogen and oxygen atoms in total. The first-order valence-corrected chi connectivity index (χ1v) is 14.4. The molecule has 2 atom stereocenters. The second-order valence-electron chi connectivity index (χ2n) is 11.3. The molecule has 0 unspecified atom stereocenters. The van der Waals surface area contributed by atoms with Gasteiger partial charge in [-0.15, -0.1) is 6.42 Å². The Kier molecular flexibility index (Phi) is 8.67. The van der Waals surface area contributed by atoms with Crippen molar-refractivity contribution in [1.29, 1.82) is 0 Å². The largest absolute Gasteiger partial charge is 0.435 e. The summed E-state index contributed by atoms with van der Waals surface area (Å²) in [5.74, 6) is 3.80. The molecule has 3 heterocycles. The number of Topliss-reactive ketones (excluding diaryl/α,β-unsaturated/α-hetero) is 2. The number of ketones is 2. The monoisotopic (exact) mass is 590 g/mol.